The molecule has 0 aromatic heterocycles. The number of ketones is 2. The Balaban J connectivity index is 3.40. The van der Waals surface area contributed by atoms with Gasteiger partial charge in [-0.05, 0) is 0 Å². The zero-order chi connectivity index (χ0) is 9.40. The van der Waals surface area contributed by atoms with Gasteiger partial charge in [0.1, 0.15) is 11.6 Å². The van der Waals surface area contributed by atoms with Gasteiger partial charge in [0.2, 0.25) is 0 Å². The third-order valence-corrected chi connectivity index (χ3v) is 1.46. The fourth-order valence-electron chi connectivity index (χ4n) is 0.778. The van der Waals surface area contributed by atoms with Gasteiger partial charge < -0.3 is 10.2 Å². The number of rotatable bonds is 7. The molecule has 0 aliphatic heterocycles. The lowest BCUT2D eigenvalue weighted by molar-refractivity contribution is -0.124. The molecule has 0 unspecified atom stereocenters. The quantitative estimate of drug-likeness (QED) is 0.554. The molecule has 0 saturated heterocycles. The molecule has 0 spiro atoms. The predicted octanol–water partition coefficient (Wildman–Crippen LogP) is -0.330. The normalized spacial score (nSPS) is 9.83. The van der Waals surface area contributed by atoms with E-state index in [2.05, 4.69) is 0 Å². The van der Waals surface area contributed by atoms with Gasteiger partial charge >= 0.3 is 0 Å². The summed E-state index contributed by atoms with van der Waals surface area (Å²) in [7, 11) is 0. The fourth-order valence-corrected chi connectivity index (χ4v) is 0.778. The van der Waals surface area contributed by atoms with Crippen LogP contribution in [0.2, 0.25) is 0 Å². The van der Waals surface area contributed by atoms with Crippen LogP contribution in [0, 0.1) is 0 Å². The maximum atomic E-state index is 10.8. The third kappa shape index (κ3) is 6.00. The standard InChI is InChI=1S/C8H14O4/c9-5-3-7(11)1-2-8(12)4-6-10/h9-10H,1-6H2. The van der Waals surface area contributed by atoms with Crippen molar-refractivity contribution >= 4 is 11.6 Å². The third-order valence-electron chi connectivity index (χ3n) is 1.46. The highest BCUT2D eigenvalue weighted by Gasteiger charge is 2.05. The molecule has 4 heteroatoms. The lowest BCUT2D eigenvalue weighted by atomic mass is 10.1. The first-order valence-electron chi connectivity index (χ1n) is 3.95. The van der Waals surface area contributed by atoms with Crippen LogP contribution in [0.15, 0.2) is 0 Å². The van der Waals surface area contributed by atoms with Crippen molar-refractivity contribution in [1.29, 1.82) is 0 Å². The van der Waals surface area contributed by atoms with E-state index in [-0.39, 0.29) is 50.5 Å². The van der Waals surface area contributed by atoms with Crippen LogP contribution in [0.25, 0.3) is 0 Å². The second-order valence-corrected chi connectivity index (χ2v) is 2.52. The Kier molecular flexibility index (Phi) is 6.51. The lowest BCUT2D eigenvalue weighted by Gasteiger charge is -1.97. The van der Waals surface area contributed by atoms with Crippen molar-refractivity contribution in [3.05, 3.63) is 0 Å². The van der Waals surface area contributed by atoms with E-state index in [1.807, 2.05) is 0 Å². The maximum Gasteiger partial charge on any atom is 0.135 e. The Morgan fingerprint density at radius 2 is 1.08 bits per heavy atom. The molecule has 0 saturated carbocycles. The van der Waals surface area contributed by atoms with Gasteiger partial charge in [0, 0.05) is 38.9 Å². The predicted molar refractivity (Wildman–Crippen MR) is 42.7 cm³/mol. The molecule has 0 aromatic carbocycles. The Morgan fingerprint density at radius 1 is 0.750 bits per heavy atom. The van der Waals surface area contributed by atoms with Crippen LogP contribution >= 0.6 is 0 Å². The summed E-state index contributed by atoms with van der Waals surface area (Å²) in [6, 6.07) is 0. The van der Waals surface area contributed by atoms with E-state index in [0.717, 1.165) is 0 Å². The van der Waals surface area contributed by atoms with Gasteiger partial charge in [-0.1, -0.05) is 0 Å². The van der Waals surface area contributed by atoms with Crippen LogP contribution in [-0.4, -0.2) is 35.0 Å². The largest absolute Gasteiger partial charge is 0.396 e. The first-order chi connectivity index (χ1) is 5.70. The van der Waals surface area contributed by atoms with Gasteiger partial charge in [-0.25, -0.2) is 0 Å². The van der Waals surface area contributed by atoms with Crippen molar-refractivity contribution in [1.82, 2.24) is 0 Å². The average molecular weight is 174 g/mol. The molecule has 0 fully saturated rings. The summed E-state index contributed by atoms with van der Waals surface area (Å²) in [4.78, 5) is 21.6. The zero-order valence-corrected chi connectivity index (χ0v) is 6.95. The number of carbonyl (C=O) groups excluding carboxylic acids is 2. The van der Waals surface area contributed by atoms with E-state index in [0.29, 0.717) is 0 Å². The molecule has 0 heterocycles. The Hall–Kier alpha value is -0.740. The number of carbonyl (C=O) groups is 2. The summed E-state index contributed by atoms with van der Waals surface area (Å²) in [5, 5.41) is 16.7. The average Bonchev–Trinajstić information content (AvgIpc) is 2.02. The van der Waals surface area contributed by atoms with Gasteiger partial charge in [0.25, 0.3) is 0 Å². The summed E-state index contributed by atoms with van der Waals surface area (Å²) in [5.74, 6) is -0.215. The molecule has 0 atom stereocenters. The lowest BCUT2D eigenvalue weighted by Crippen LogP contribution is -2.06. The van der Waals surface area contributed by atoms with E-state index in [1.165, 1.54) is 0 Å². The molecule has 0 aliphatic rings. The number of Topliss-reactive ketones (excluding diaryl/α,β-unsaturated/α-hetero) is 2. The number of aliphatic hydroxyl groups excluding tert-OH is 2. The topological polar surface area (TPSA) is 74.6 Å². The molecule has 0 aliphatic carbocycles. The fraction of sp³-hybridized carbons (Fsp3) is 0.750. The maximum absolute atomic E-state index is 10.8. The van der Waals surface area contributed by atoms with Gasteiger partial charge in [0.05, 0.1) is 0 Å². The van der Waals surface area contributed by atoms with Crippen molar-refractivity contribution in [2.45, 2.75) is 25.7 Å². The Bertz CT molecular complexity index is 135. The molecule has 0 amide bonds. The summed E-state index contributed by atoms with van der Waals surface area (Å²) in [6.07, 6.45) is 0.595. The molecule has 0 aromatic rings. The van der Waals surface area contributed by atoms with Crippen LogP contribution in [0.3, 0.4) is 0 Å². The van der Waals surface area contributed by atoms with Crippen LogP contribution in [0.4, 0.5) is 0 Å². The molecule has 70 valence electrons. The summed E-state index contributed by atoms with van der Waals surface area (Å²) < 4.78 is 0. The highest BCUT2D eigenvalue weighted by atomic mass is 16.3. The number of aliphatic hydroxyl groups is 2. The Morgan fingerprint density at radius 3 is 1.33 bits per heavy atom. The van der Waals surface area contributed by atoms with Crippen molar-refractivity contribution < 1.29 is 19.8 Å². The summed E-state index contributed by atoms with van der Waals surface area (Å²) in [6.45, 7) is -0.319. The highest BCUT2D eigenvalue weighted by molar-refractivity contribution is 5.85. The van der Waals surface area contributed by atoms with E-state index < -0.39 is 0 Å². The highest BCUT2D eigenvalue weighted by Crippen LogP contribution is 1.98. The van der Waals surface area contributed by atoms with E-state index >= 15 is 0 Å². The van der Waals surface area contributed by atoms with Gasteiger partial charge in [-0.2, -0.15) is 0 Å². The van der Waals surface area contributed by atoms with Gasteiger partial charge in [0.15, 0.2) is 0 Å². The van der Waals surface area contributed by atoms with Gasteiger partial charge in [-0.3, -0.25) is 9.59 Å². The molecule has 2 N–H and O–H groups in total. The van der Waals surface area contributed by atoms with Crippen LogP contribution in [0.1, 0.15) is 25.7 Å². The molecular weight excluding hydrogens is 160 g/mol. The van der Waals surface area contributed by atoms with Crippen LogP contribution < -0.4 is 0 Å². The smallest absolute Gasteiger partial charge is 0.135 e. The molecule has 4 nitrogen and oxygen atoms in total. The van der Waals surface area contributed by atoms with E-state index in [1.54, 1.807) is 0 Å². The van der Waals surface area contributed by atoms with E-state index in [9.17, 15) is 9.59 Å². The molecule has 0 bridgehead atoms. The first-order valence-corrected chi connectivity index (χ1v) is 3.95. The summed E-state index contributed by atoms with van der Waals surface area (Å²) in [5.41, 5.74) is 0. The van der Waals surface area contributed by atoms with Crippen molar-refractivity contribution in [2.75, 3.05) is 13.2 Å². The molecule has 0 radical (unpaired) electrons. The molecule has 12 heavy (non-hydrogen) atoms. The minimum Gasteiger partial charge on any atom is -0.396 e. The molecule has 0 rings (SSSR count). The van der Waals surface area contributed by atoms with Crippen molar-refractivity contribution in [3.8, 4) is 0 Å². The number of hydrogen-bond acceptors (Lipinski definition) is 4. The minimum absolute atomic E-state index is 0.108. The SMILES string of the molecule is O=C(CCO)CCC(=O)CCO. The number of hydrogen-bond donors (Lipinski definition) is 2. The molecular formula is C8H14O4. The second-order valence-electron chi connectivity index (χ2n) is 2.52. The minimum atomic E-state index is -0.160. The monoisotopic (exact) mass is 174 g/mol. The summed E-state index contributed by atoms with van der Waals surface area (Å²) >= 11 is 0. The zero-order valence-electron chi connectivity index (χ0n) is 6.95. The second kappa shape index (κ2) is 6.94. The van der Waals surface area contributed by atoms with Gasteiger partial charge in [-0.15, -0.1) is 0 Å². The van der Waals surface area contributed by atoms with E-state index in [4.69, 9.17) is 10.2 Å². The van der Waals surface area contributed by atoms with Crippen LogP contribution in [-0.2, 0) is 9.59 Å². The first kappa shape index (κ1) is 11.3. The van der Waals surface area contributed by atoms with Crippen LogP contribution in [0.5, 0.6) is 0 Å². The van der Waals surface area contributed by atoms with Crippen molar-refractivity contribution in [2.24, 2.45) is 0 Å². The van der Waals surface area contributed by atoms with Crippen molar-refractivity contribution in [3.63, 3.8) is 0 Å². The Labute approximate surface area is 71.2 Å².